The Balaban J connectivity index is 1.53. The molecule has 40 heavy (non-hydrogen) atoms. The number of aliphatic hydroxyl groups excluding tert-OH is 2. The van der Waals surface area contributed by atoms with Crippen LogP contribution in [0.5, 0.6) is 0 Å². The minimum Gasteiger partial charge on any atom is -0.510 e. The molecule has 1 aromatic heterocycles. The number of oxazole rings is 1. The molecule has 11 nitrogen and oxygen atoms in total. The second-order valence-electron chi connectivity index (χ2n) is 10.3. The number of allylic oxidation sites excluding steroid dienone is 1. The third-order valence-corrected chi connectivity index (χ3v) is 9.42. The van der Waals surface area contributed by atoms with Gasteiger partial charge >= 0.3 is 0 Å². The first-order chi connectivity index (χ1) is 19.1. The van der Waals surface area contributed by atoms with E-state index in [2.05, 4.69) is 4.98 Å². The van der Waals surface area contributed by atoms with Gasteiger partial charge in [-0.15, -0.1) is 0 Å². The van der Waals surface area contributed by atoms with Crippen LogP contribution in [0.2, 0.25) is 0 Å². The molecule has 6 rings (SSSR count). The zero-order valence-corrected chi connectivity index (χ0v) is 21.9. The Hall–Kier alpha value is -4.13. The van der Waals surface area contributed by atoms with Gasteiger partial charge in [0, 0.05) is 34.6 Å². The number of aliphatic hydroxyl groups is 3. The second-order valence-corrected chi connectivity index (χ2v) is 11.4. The van der Waals surface area contributed by atoms with Gasteiger partial charge in [-0.3, -0.25) is 14.4 Å². The largest absolute Gasteiger partial charge is 0.510 e. The lowest BCUT2D eigenvalue weighted by Gasteiger charge is -2.49. The van der Waals surface area contributed by atoms with E-state index in [-0.39, 0.29) is 23.1 Å². The number of rotatable bonds is 5. The number of nitrogens with zero attached hydrogens (tertiary/aromatic N) is 1. The summed E-state index contributed by atoms with van der Waals surface area (Å²) in [6.45, 7) is 0. The number of carbonyl (C=O) groups is 3. The number of hydrogen-bond acceptors (Lipinski definition) is 11. The summed E-state index contributed by atoms with van der Waals surface area (Å²) in [5.41, 5.74) is 16.7. The molecule has 0 aliphatic heterocycles. The molecule has 0 unspecified atom stereocenters. The first-order valence-corrected chi connectivity index (χ1v) is 13.7. The number of primary amides is 1. The number of nitrogen functional groups attached to an aromatic ring is 1. The predicted molar refractivity (Wildman–Crippen MR) is 146 cm³/mol. The van der Waals surface area contributed by atoms with Crippen molar-refractivity contribution in [3.05, 3.63) is 82.1 Å². The lowest BCUT2D eigenvalue weighted by atomic mass is 9.56. The van der Waals surface area contributed by atoms with Crippen LogP contribution in [0.1, 0.15) is 33.8 Å². The van der Waals surface area contributed by atoms with E-state index in [9.17, 15) is 29.7 Å². The van der Waals surface area contributed by atoms with E-state index in [1.54, 1.807) is 17.8 Å². The quantitative estimate of drug-likeness (QED) is 0.195. The molecule has 2 aromatic carbocycles. The Bertz CT molecular complexity index is 1660. The molecule has 12 heteroatoms. The second kappa shape index (κ2) is 9.22. The minimum atomic E-state index is -2.74. The van der Waals surface area contributed by atoms with Gasteiger partial charge in [-0.05, 0) is 29.5 Å². The number of aromatic nitrogens is 1. The molecule has 1 heterocycles. The molecule has 9 N–H and O–H groups in total. The molecular weight excluding hydrogens is 536 g/mol. The Morgan fingerprint density at radius 2 is 1.93 bits per heavy atom. The molecule has 0 radical (unpaired) electrons. The number of ketones is 2. The highest BCUT2D eigenvalue weighted by molar-refractivity contribution is 7.98. The summed E-state index contributed by atoms with van der Waals surface area (Å²) in [7, 11) is 0. The van der Waals surface area contributed by atoms with Gasteiger partial charge < -0.3 is 36.9 Å². The molecule has 3 aliphatic carbocycles. The number of benzene rings is 2. The lowest BCUT2D eigenvalue weighted by molar-refractivity contribution is -0.145. The van der Waals surface area contributed by atoms with Gasteiger partial charge in [0.15, 0.2) is 23.4 Å². The molecular formula is C28H26N4O7S. The molecule has 0 saturated heterocycles. The van der Waals surface area contributed by atoms with Gasteiger partial charge in [0.2, 0.25) is 5.78 Å². The lowest BCUT2D eigenvalue weighted by Crippen LogP contribution is -2.63. The van der Waals surface area contributed by atoms with E-state index in [4.69, 9.17) is 21.6 Å². The summed E-state index contributed by atoms with van der Waals surface area (Å²) in [5.74, 6) is -6.31. The molecule has 5 atom stereocenters. The normalized spacial score (nSPS) is 27.9. The van der Waals surface area contributed by atoms with Gasteiger partial charge in [0.25, 0.3) is 5.91 Å². The van der Waals surface area contributed by atoms with Crippen molar-refractivity contribution in [1.82, 2.24) is 4.98 Å². The van der Waals surface area contributed by atoms with Crippen LogP contribution >= 0.6 is 11.8 Å². The Kier molecular flexibility index (Phi) is 6.02. The Morgan fingerprint density at radius 3 is 2.62 bits per heavy atom. The molecule has 0 fully saturated rings. The maximum absolute atomic E-state index is 14.1. The summed E-state index contributed by atoms with van der Waals surface area (Å²) in [6.07, 6.45) is 1.12. The Labute approximate surface area is 231 Å². The summed E-state index contributed by atoms with van der Waals surface area (Å²) in [6, 6.07) is 10.00. The third kappa shape index (κ3) is 3.53. The van der Waals surface area contributed by atoms with Crippen LogP contribution in [-0.2, 0) is 15.3 Å². The van der Waals surface area contributed by atoms with Crippen LogP contribution in [0.15, 0.2) is 69.9 Å². The summed E-state index contributed by atoms with van der Waals surface area (Å²) in [4.78, 5) is 43.6. The molecule has 0 spiro atoms. The number of hydrogen-bond donors (Lipinski definition) is 6. The summed E-state index contributed by atoms with van der Waals surface area (Å²) in [5, 5.41) is 33.8. The zero-order chi connectivity index (χ0) is 28.5. The molecule has 3 aliphatic rings. The average Bonchev–Trinajstić information content (AvgIpc) is 3.39. The van der Waals surface area contributed by atoms with Crippen LogP contribution in [0.25, 0.3) is 11.1 Å². The Morgan fingerprint density at radius 1 is 1.20 bits per heavy atom. The van der Waals surface area contributed by atoms with E-state index < -0.39 is 64.0 Å². The van der Waals surface area contributed by atoms with Gasteiger partial charge in [-0.2, -0.15) is 11.8 Å². The maximum atomic E-state index is 14.1. The monoisotopic (exact) mass is 562 g/mol. The van der Waals surface area contributed by atoms with Crippen LogP contribution in [0.4, 0.5) is 5.69 Å². The smallest absolute Gasteiger partial charge is 0.255 e. The standard InChI is InChI=1S/C28H26N4O7S/c29-15-7-16-24(39-10-32-16)19-17(15)13(9-40-8-11-4-2-1-3-5-11)12-6-14-21(30)23(34)20(27(31)37)26(36)28(14,38)25(35)18(12)22(19)33/h1-5,7,10,12-14,21,34-35,38H,6,8-9,29-30H2,(H2,31,37)/t12-,13-,14+,21+,28+/m1/s1. The highest BCUT2D eigenvalue weighted by Gasteiger charge is 2.63. The van der Waals surface area contributed by atoms with Gasteiger partial charge in [0.05, 0.1) is 11.6 Å². The number of Topliss-reactive ketones (excluding diaryl/α,β-unsaturated/α-hetero) is 2. The van der Waals surface area contributed by atoms with Crippen LogP contribution in [0.3, 0.4) is 0 Å². The zero-order valence-electron chi connectivity index (χ0n) is 21.0. The highest BCUT2D eigenvalue weighted by atomic mass is 32.2. The van der Waals surface area contributed by atoms with E-state index in [0.29, 0.717) is 28.3 Å². The van der Waals surface area contributed by atoms with Crippen LogP contribution in [-0.4, -0.2) is 55.2 Å². The minimum absolute atomic E-state index is 0.0610. The fourth-order valence-corrected chi connectivity index (χ4v) is 7.62. The van der Waals surface area contributed by atoms with Crippen molar-refractivity contribution in [2.45, 2.75) is 29.7 Å². The van der Waals surface area contributed by atoms with Crippen molar-refractivity contribution in [3.63, 3.8) is 0 Å². The fraction of sp³-hybridized carbons (Fsp3) is 0.286. The van der Waals surface area contributed by atoms with Gasteiger partial charge in [-0.1, -0.05) is 30.3 Å². The third-order valence-electron chi connectivity index (χ3n) is 8.29. The first kappa shape index (κ1) is 26.1. The van der Waals surface area contributed by atoms with Crippen molar-refractivity contribution < 1.29 is 34.1 Å². The number of fused-ring (bicyclic) bond motifs is 5. The SMILES string of the molecule is NC(=O)C1=C(O)[C@@H](N)[C@@H]2C[C@H]3C(=C(O)[C@]2(O)C1=O)C(=O)c1c(c(N)cc2ncoc12)[C@@H]3CSCc1ccccc1. The van der Waals surface area contributed by atoms with Crippen molar-refractivity contribution in [2.75, 3.05) is 11.5 Å². The van der Waals surface area contributed by atoms with Crippen LogP contribution < -0.4 is 17.2 Å². The van der Waals surface area contributed by atoms with E-state index in [0.717, 1.165) is 5.56 Å². The number of amides is 1. The molecule has 0 bridgehead atoms. The summed E-state index contributed by atoms with van der Waals surface area (Å²) >= 11 is 1.59. The fourth-order valence-electron chi connectivity index (χ4n) is 6.42. The molecule has 0 saturated carbocycles. The average molecular weight is 563 g/mol. The number of nitrogens with two attached hydrogens (primary N) is 3. The first-order valence-electron chi connectivity index (χ1n) is 12.6. The number of anilines is 1. The molecule has 1 amide bonds. The number of carbonyl (C=O) groups excluding carboxylic acids is 3. The maximum Gasteiger partial charge on any atom is 0.255 e. The van der Waals surface area contributed by atoms with E-state index in [1.165, 1.54) is 6.39 Å². The van der Waals surface area contributed by atoms with Crippen molar-refractivity contribution >= 4 is 46.0 Å². The number of thioether (sulfide) groups is 1. The van der Waals surface area contributed by atoms with Crippen molar-refractivity contribution in [2.24, 2.45) is 23.3 Å². The van der Waals surface area contributed by atoms with Crippen LogP contribution in [0, 0.1) is 11.8 Å². The predicted octanol–water partition coefficient (Wildman–Crippen LogP) is 2.01. The summed E-state index contributed by atoms with van der Waals surface area (Å²) < 4.78 is 5.56. The van der Waals surface area contributed by atoms with E-state index in [1.807, 2.05) is 30.3 Å². The highest BCUT2D eigenvalue weighted by Crippen LogP contribution is 2.56. The molecule has 206 valence electrons. The molecule has 3 aromatic rings. The van der Waals surface area contributed by atoms with Gasteiger partial charge in [0.1, 0.15) is 22.6 Å². The van der Waals surface area contributed by atoms with E-state index >= 15 is 0 Å². The van der Waals surface area contributed by atoms with Crippen molar-refractivity contribution in [1.29, 1.82) is 0 Å². The van der Waals surface area contributed by atoms with Gasteiger partial charge in [-0.25, -0.2) is 4.98 Å². The van der Waals surface area contributed by atoms with Crippen molar-refractivity contribution in [3.8, 4) is 0 Å². The topological polar surface area (TPSA) is 216 Å².